The van der Waals surface area contributed by atoms with Crippen molar-refractivity contribution in [3.8, 4) is 0 Å². The summed E-state index contributed by atoms with van der Waals surface area (Å²) < 4.78 is 2.09. The monoisotopic (exact) mass is 666 g/mol. The average molecular weight is 667 g/mol. The summed E-state index contributed by atoms with van der Waals surface area (Å²) in [5.74, 6) is 1.93. The number of carbonyl (C=O) groups is 1. The molecule has 8 rings (SSSR count). The standard InChI is InChI=1S/C43H34N6O2/c1-29(30-15-7-3-8-16-30)44-42(51)41-45-37-25-36-39(26-38(37)46-41)49(47-40(36)31-23-24-35(28-50)48(2)27-31)43(32-17-9-4-10-18-32,33-19-11-5-12-20-33)34-21-13-6-14-22-34/h3-27,29H,1-2H3,(H,44,51)(H,45,46). The number of fused-ring (bicyclic) bond motifs is 2. The molecule has 0 spiro atoms. The van der Waals surface area contributed by atoms with E-state index in [2.05, 4.69) is 51.4 Å². The lowest BCUT2D eigenvalue weighted by Crippen LogP contribution is -2.38. The lowest BCUT2D eigenvalue weighted by atomic mass is 9.77. The molecule has 1 atom stereocenters. The number of imidazole rings is 1. The minimum absolute atomic E-state index is 0.207. The maximum Gasteiger partial charge on any atom is 0.287 e. The van der Waals surface area contributed by atoms with E-state index in [0.29, 0.717) is 22.4 Å². The number of likely N-dealkylation sites (N-methyl/N-ethyl adjacent to an activating group) is 1. The van der Waals surface area contributed by atoms with E-state index in [1.807, 2.05) is 129 Å². The smallest absolute Gasteiger partial charge is 0.287 e. The Hall–Kier alpha value is -6.76. The van der Waals surface area contributed by atoms with E-state index in [1.165, 1.54) is 0 Å². The highest BCUT2D eigenvalue weighted by atomic mass is 16.2. The minimum atomic E-state index is -0.905. The summed E-state index contributed by atoms with van der Waals surface area (Å²) in [5, 5.41) is 9.39. The summed E-state index contributed by atoms with van der Waals surface area (Å²) in [7, 11) is 1.82. The van der Waals surface area contributed by atoms with Crippen LogP contribution in [0.4, 0.5) is 0 Å². The summed E-state index contributed by atoms with van der Waals surface area (Å²) in [6.07, 6.45) is 5.52. The van der Waals surface area contributed by atoms with Crippen molar-refractivity contribution >= 4 is 39.4 Å². The van der Waals surface area contributed by atoms with Crippen LogP contribution < -0.4 is 5.32 Å². The highest BCUT2D eigenvalue weighted by molar-refractivity contribution is 6.03. The van der Waals surface area contributed by atoms with E-state index in [1.54, 1.807) is 11.0 Å². The minimum Gasteiger partial charge on any atom is -0.343 e. The van der Waals surface area contributed by atoms with E-state index >= 15 is 0 Å². The molecule has 1 aliphatic heterocycles. The van der Waals surface area contributed by atoms with Gasteiger partial charge in [-0.1, -0.05) is 121 Å². The summed E-state index contributed by atoms with van der Waals surface area (Å²) in [6.45, 7) is 1.95. The molecule has 1 aliphatic rings. The number of rotatable bonds is 8. The molecule has 8 nitrogen and oxygen atoms in total. The van der Waals surface area contributed by atoms with E-state index < -0.39 is 5.54 Å². The van der Waals surface area contributed by atoms with Crippen LogP contribution in [0.15, 0.2) is 158 Å². The number of aromatic amines is 1. The third kappa shape index (κ3) is 5.44. The maximum absolute atomic E-state index is 13.5. The second-order valence-electron chi connectivity index (χ2n) is 12.7. The fraction of sp³-hybridized carbons (Fsp3) is 0.0930. The Labute approximate surface area is 295 Å². The molecule has 248 valence electrons. The molecule has 5 aromatic carbocycles. The predicted molar refractivity (Wildman–Crippen MR) is 200 cm³/mol. The normalized spacial score (nSPS) is 13.6. The van der Waals surface area contributed by atoms with Crippen LogP contribution in [0.3, 0.4) is 0 Å². The van der Waals surface area contributed by atoms with Crippen molar-refractivity contribution < 1.29 is 9.59 Å². The molecular formula is C43H34N6O2. The summed E-state index contributed by atoms with van der Waals surface area (Å²) in [6, 6.07) is 44.8. The number of H-pyrrole nitrogens is 1. The lowest BCUT2D eigenvalue weighted by molar-refractivity contribution is 0.0930. The van der Waals surface area contributed by atoms with Crippen molar-refractivity contribution in [1.29, 1.82) is 0 Å². The van der Waals surface area contributed by atoms with Gasteiger partial charge in [0.05, 0.1) is 22.6 Å². The largest absolute Gasteiger partial charge is 0.343 e. The van der Waals surface area contributed by atoms with Crippen molar-refractivity contribution in [1.82, 2.24) is 30.0 Å². The molecule has 0 fully saturated rings. The third-order valence-corrected chi connectivity index (χ3v) is 9.55. The van der Waals surface area contributed by atoms with Crippen molar-refractivity contribution in [2.75, 3.05) is 7.05 Å². The molecule has 0 bridgehead atoms. The SMILES string of the molecule is CC(NC(=O)c1nc2cc3c(C4=CN(C)C(=C=O)C=C4)nn(C(c4ccccc4)(c4ccccc4)c4ccccc4)c3cc2[nH]1)c1ccccc1. The fourth-order valence-corrected chi connectivity index (χ4v) is 7.04. The van der Waals surface area contributed by atoms with Gasteiger partial charge in [0.1, 0.15) is 16.9 Å². The number of carbonyl (C=O) groups excluding carboxylic acids is 2. The first kappa shape index (κ1) is 31.5. The first-order valence-electron chi connectivity index (χ1n) is 16.8. The maximum atomic E-state index is 13.5. The second-order valence-corrected chi connectivity index (χ2v) is 12.7. The van der Waals surface area contributed by atoms with Crippen molar-refractivity contribution in [2.24, 2.45) is 0 Å². The number of hydrogen-bond acceptors (Lipinski definition) is 5. The zero-order chi connectivity index (χ0) is 35.0. The van der Waals surface area contributed by atoms with Gasteiger partial charge in [0, 0.05) is 24.2 Å². The zero-order valence-corrected chi connectivity index (χ0v) is 28.1. The Kier molecular flexibility index (Phi) is 7.99. The van der Waals surface area contributed by atoms with Crippen molar-refractivity contribution in [2.45, 2.75) is 18.5 Å². The first-order chi connectivity index (χ1) is 25.0. The quantitative estimate of drug-likeness (QED) is 0.128. The molecule has 2 aromatic heterocycles. The molecule has 0 aliphatic carbocycles. The molecule has 1 unspecified atom stereocenters. The molecular weight excluding hydrogens is 633 g/mol. The molecule has 1 amide bonds. The van der Waals surface area contributed by atoms with E-state index in [9.17, 15) is 9.59 Å². The Balaban J connectivity index is 1.39. The second kappa shape index (κ2) is 12.9. The Bertz CT molecular complexity index is 2400. The number of allylic oxidation sites excluding steroid dienone is 3. The van der Waals surface area contributed by atoms with Crippen LogP contribution in [0.2, 0.25) is 0 Å². The number of nitrogens with one attached hydrogen (secondary N) is 2. The fourth-order valence-electron chi connectivity index (χ4n) is 7.04. The van der Waals surface area contributed by atoms with Gasteiger partial charge >= 0.3 is 0 Å². The number of nitrogens with zero attached hydrogens (tertiary/aromatic N) is 4. The number of aromatic nitrogens is 4. The summed E-state index contributed by atoms with van der Waals surface area (Å²) in [5.41, 5.74) is 7.27. The third-order valence-electron chi connectivity index (χ3n) is 9.55. The summed E-state index contributed by atoms with van der Waals surface area (Å²) in [4.78, 5) is 35.0. The molecule has 7 aromatic rings. The van der Waals surface area contributed by atoms with Gasteiger partial charge in [-0.25, -0.2) is 14.5 Å². The van der Waals surface area contributed by atoms with Gasteiger partial charge in [0.15, 0.2) is 11.8 Å². The highest BCUT2D eigenvalue weighted by Crippen LogP contribution is 2.44. The van der Waals surface area contributed by atoms with Crippen LogP contribution in [-0.4, -0.2) is 43.5 Å². The topological polar surface area (TPSA) is 95.9 Å². The van der Waals surface area contributed by atoms with Crippen LogP contribution in [0.1, 0.15) is 51.5 Å². The molecule has 0 radical (unpaired) electrons. The van der Waals surface area contributed by atoms with E-state index in [4.69, 9.17) is 10.1 Å². The Morgan fingerprint density at radius 3 is 1.92 bits per heavy atom. The van der Waals surface area contributed by atoms with Crippen LogP contribution in [0.5, 0.6) is 0 Å². The first-order valence-corrected chi connectivity index (χ1v) is 16.8. The molecule has 2 N–H and O–H groups in total. The van der Waals surface area contributed by atoms with Crippen LogP contribution in [-0.2, 0) is 10.3 Å². The highest BCUT2D eigenvalue weighted by Gasteiger charge is 2.41. The van der Waals surface area contributed by atoms with Gasteiger partial charge in [0.2, 0.25) is 0 Å². The van der Waals surface area contributed by atoms with Crippen molar-refractivity contribution in [3.05, 3.63) is 191 Å². The zero-order valence-electron chi connectivity index (χ0n) is 28.1. The van der Waals surface area contributed by atoms with Gasteiger partial charge < -0.3 is 15.2 Å². The van der Waals surface area contributed by atoms with Gasteiger partial charge in [-0.05, 0) is 53.5 Å². The number of benzene rings is 5. The van der Waals surface area contributed by atoms with Crippen LogP contribution in [0, 0.1) is 0 Å². The predicted octanol–water partition coefficient (Wildman–Crippen LogP) is 7.80. The van der Waals surface area contributed by atoms with Gasteiger partial charge in [0.25, 0.3) is 5.91 Å². The summed E-state index contributed by atoms with van der Waals surface area (Å²) >= 11 is 0. The Morgan fingerprint density at radius 2 is 1.37 bits per heavy atom. The lowest BCUT2D eigenvalue weighted by Gasteiger charge is -2.37. The van der Waals surface area contributed by atoms with E-state index in [-0.39, 0.29) is 17.8 Å². The van der Waals surface area contributed by atoms with Gasteiger partial charge in [-0.2, -0.15) is 5.10 Å². The van der Waals surface area contributed by atoms with Crippen LogP contribution in [0.25, 0.3) is 27.5 Å². The van der Waals surface area contributed by atoms with E-state index in [0.717, 1.165) is 38.7 Å². The molecule has 8 heteroatoms. The molecule has 51 heavy (non-hydrogen) atoms. The average Bonchev–Trinajstić information content (AvgIpc) is 3.77. The van der Waals surface area contributed by atoms with Crippen molar-refractivity contribution in [3.63, 3.8) is 0 Å². The van der Waals surface area contributed by atoms with Gasteiger partial charge in [-0.3, -0.25) is 4.79 Å². The number of amides is 1. The van der Waals surface area contributed by atoms with Crippen LogP contribution >= 0.6 is 0 Å². The number of hydrogen-bond donors (Lipinski definition) is 2. The molecule has 0 saturated heterocycles. The van der Waals surface area contributed by atoms with Gasteiger partial charge in [-0.15, -0.1) is 0 Å². The Morgan fingerprint density at radius 1 is 0.804 bits per heavy atom. The molecule has 0 saturated carbocycles. The molecule has 3 heterocycles.